The van der Waals surface area contributed by atoms with Gasteiger partial charge in [-0.25, -0.2) is 9.50 Å². The van der Waals surface area contributed by atoms with Crippen LogP contribution in [0.15, 0.2) is 36.8 Å². The summed E-state index contributed by atoms with van der Waals surface area (Å²) in [6.45, 7) is 7.94. The minimum absolute atomic E-state index is 0.226. The fourth-order valence-corrected chi connectivity index (χ4v) is 4.12. The zero-order valence-electron chi connectivity index (χ0n) is 19.9. The Morgan fingerprint density at radius 2 is 1.97 bits per heavy atom. The summed E-state index contributed by atoms with van der Waals surface area (Å²) in [5, 5.41) is 13.9. The quantitative estimate of drug-likeness (QED) is 0.475. The molecule has 1 fully saturated rings. The number of anilines is 1. The summed E-state index contributed by atoms with van der Waals surface area (Å²) in [4.78, 5) is 21.2. The van der Waals surface area contributed by atoms with Crippen LogP contribution in [0.25, 0.3) is 16.6 Å². The molecule has 0 bridgehead atoms. The van der Waals surface area contributed by atoms with E-state index in [1.165, 1.54) is 0 Å². The summed E-state index contributed by atoms with van der Waals surface area (Å²) in [5.74, 6) is 2.10. The van der Waals surface area contributed by atoms with Gasteiger partial charge in [-0.15, -0.1) is 0 Å². The van der Waals surface area contributed by atoms with Gasteiger partial charge in [0.2, 0.25) is 5.91 Å². The minimum Gasteiger partial charge on any atom is -0.490 e. The number of fused-ring (bicyclic) bond motifs is 1. The first-order valence-electron chi connectivity index (χ1n) is 11.5. The van der Waals surface area contributed by atoms with Crippen LogP contribution in [0.2, 0.25) is 0 Å². The predicted octanol–water partition coefficient (Wildman–Crippen LogP) is 2.99. The normalized spacial score (nSPS) is 14.0. The van der Waals surface area contributed by atoms with Crippen molar-refractivity contribution in [3.05, 3.63) is 42.4 Å². The second-order valence-corrected chi connectivity index (χ2v) is 8.76. The molecule has 0 aliphatic carbocycles. The summed E-state index contributed by atoms with van der Waals surface area (Å²) in [7, 11) is 1.63. The standard InChI is InChI=1S/C25H30N6O3/c1-18(2)12-24(32)30-8-6-29(7-9-30)23-5-4-19(15-27-23)22-13-21(34-11-10-33-3)17-31-25(22)20(14-26)16-28-31/h4-5,13,15-18H,6-12H2,1-3H3. The van der Waals surface area contributed by atoms with Crippen LogP contribution in [-0.2, 0) is 9.53 Å². The van der Waals surface area contributed by atoms with Crippen LogP contribution in [0, 0.1) is 17.2 Å². The molecule has 4 rings (SSSR count). The van der Waals surface area contributed by atoms with Crippen molar-refractivity contribution in [3.8, 4) is 22.9 Å². The number of carbonyl (C=O) groups is 1. The highest BCUT2D eigenvalue weighted by Gasteiger charge is 2.22. The van der Waals surface area contributed by atoms with E-state index in [4.69, 9.17) is 14.5 Å². The smallest absolute Gasteiger partial charge is 0.222 e. The molecule has 9 nitrogen and oxygen atoms in total. The first-order chi connectivity index (χ1) is 16.5. The molecular weight excluding hydrogens is 432 g/mol. The first kappa shape index (κ1) is 23.5. The molecule has 3 aromatic rings. The van der Waals surface area contributed by atoms with Gasteiger partial charge in [-0.2, -0.15) is 10.4 Å². The summed E-state index contributed by atoms with van der Waals surface area (Å²) in [6, 6.07) is 8.11. The van der Waals surface area contributed by atoms with Crippen molar-refractivity contribution >= 4 is 17.2 Å². The van der Waals surface area contributed by atoms with Crippen LogP contribution >= 0.6 is 0 Å². The number of hydrogen-bond acceptors (Lipinski definition) is 7. The largest absolute Gasteiger partial charge is 0.490 e. The van der Waals surface area contributed by atoms with E-state index in [1.54, 1.807) is 24.0 Å². The van der Waals surface area contributed by atoms with Crippen molar-refractivity contribution in [2.24, 2.45) is 5.92 Å². The van der Waals surface area contributed by atoms with E-state index in [9.17, 15) is 10.1 Å². The highest BCUT2D eigenvalue weighted by molar-refractivity contribution is 5.85. The van der Waals surface area contributed by atoms with Gasteiger partial charge in [-0.3, -0.25) is 4.79 Å². The molecule has 0 aromatic carbocycles. The summed E-state index contributed by atoms with van der Waals surface area (Å²) in [5.41, 5.74) is 2.90. The van der Waals surface area contributed by atoms with Crippen LogP contribution in [0.1, 0.15) is 25.8 Å². The number of amides is 1. The van der Waals surface area contributed by atoms with E-state index >= 15 is 0 Å². The molecule has 0 unspecified atom stereocenters. The number of hydrogen-bond donors (Lipinski definition) is 0. The SMILES string of the molecule is COCCOc1cc(-c2ccc(N3CCN(C(=O)CC(C)C)CC3)nc2)c2c(C#N)cnn2c1. The van der Waals surface area contributed by atoms with E-state index in [0.717, 1.165) is 30.0 Å². The maximum Gasteiger partial charge on any atom is 0.222 e. The third kappa shape index (κ3) is 5.13. The molecule has 1 saturated heterocycles. The van der Waals surface area contributed by atoms with Crippen LogP contribution in [-0.4, -0.2) is 71.9 Å². The van der Waals surface area contributed by atoms with Crippen molar-refractivity contribution < 1.29 is 14.3 Å². The Kier molecular flexibility index (Phi) is 7.28. The molecular formula is C25H30N6O3. The van der Waals surface area contributed by atoms with Crippen molar-refractivity contribution in [1.29, 1.82) is 5.26 Å². The average molecular weight is 463 g/mol. The number of piperazine rings is 1. The summed E-state index contributed by atoms with van der Waals surface area (Å²) < 4.78 is 12.5. The van der Waals surface area contributed by atoms with Crippen LogP contribution in [0.5, 0.6) is 5.75 Å². The molecule has 0 spiro atoms. The minimum atomic E-state index is 0.226. The summed E-state index contributed by atoms with van der Waals surface area (Å²) in [6.07, 6.45) is 5.72. The number of nitrogens with zero attached hydrogens (tertiary/aromatic N) is 6. The van der Waals surface area contributed by atoms with Gasteiger partial charge in [0.1, 0.15) is 24.2 Å². The van der Waals surface area contributed by atoms with Gasteiger partial charge in [-0.05, 0) is 24.1 Å². The number of rotatable bonds is 8. The zero-order valence-corrected chi connectivity index (χ0v) is 19.9. The van der Waals surface area contributed by atoms with Gasteiger partial charge in [0.15, 0.2) is 0 Å². The molecule has 3 aromatic heterocycles. The molecule has 9 heteroatoms. The first-order valence-corrected chi connectivity index (χ1v) is 11.5. The van der Waals surface area contributed by atoms with E-state index in [2.05, 4.69) is 29.9 Å². The van der Waals surface area contributed by atoms with E-state index in [-0.39, 0.29) is 5.91 Å². The van der Waals surface area contributed by atoms with Gasteiger partial charge >= 0.3 is 0 Å². The number of aromatic nitrogens is 3. The molecule has 178 valence electrons. The average Bonchev–Trinajstić information content (AvgIpc) is 3.27. The molecule has 1 amide bonds. The summed E-state index contributed by atoms with van der Waals surface area (Å²) >= 11 is 0. The predicted molar refractivity (Wildman–Crippen MR) is 129 cm³/mol. The molecule has 0 saturated carbocycles. The highest BCUT2D eigenvalue weighted by atomic mass is 16.5. The van der Waals surface area contributed by atoms with Crippen LogP contribution in [0.4, 0.5) is 5.82 Å². The fourth-order valence-electron chi connectivity index (χ4n) is 4.12. The Hall–Kier alpha value is -3.64. The van der Waals surface area contributed by atoms with Crippen LogP contribution in [0.3, 0.4) is 0 Å². The molecule has 1 aliphatic heterocycles. The molecule has 0 N–H and O–H groups in total. The second-order valence-electron chi connectivity index (χ2n) is 8.76. The number of nitriles is 1. The number of carbonyl (C=O) groups excluding carboxylic acids is 1. The van der Waals surface area contributed by atoms with E-state index in [0.29, 0.717) is 55.5 Å². The maximum absolute atomic E-state index is 12.3. The fraction of sp³-hybridized carbons (Fsp3) is 0.440. The van der Waals surface area contributed by atoms with E-state index < -0.39 is 0 Å². The Bertz CT molecular complexity index is 1170. The molecule has 34 heavy (non-hydrogen) atoms. The second kappa shape index (κ2) is 10.5. The van der Waals surface area contributed by atoms with Gasteiger partial charge in [0, 0.05) is 57.0 Å². The third-order valence-electron chi connectivity index (χ3n) is 5.86. The topological polar surface area (TPSA) is 96.0 Å². The van der Waals surface area contributed by atoms with Crippen LogP contribution < -0.4 is 9.64 Å². The van der Waals surface area contributed by atoms with Crippen molar-refractivity contribution in [2.75, 3.05) is 51.4 Å². The Labute approximate surface area is 199 Å². The van der Waals surface area contributed by atoms with Crippen molar-refractivity contribution in [3.63, 3.8) is 0 Å². The zero-order chi connectivity index (χ0) is 24.1. The Morgan fingerprint density at radius 1 is 1.18 bits per heavy atom. The number of pyridine rings is 2. The lowest BCUT2D eigenvalue weighted by Gasteiger charge is -2.35. The monoisotopic (exact) mass is 462 g/mol. The Morgan fingerprint density at radius 3 is 2.62 bits per heavy atom. The molecule has 0 radical (unpaired) electrons. The third-order valence-corrected chi connectivity index (χ3v) is 5.86. The van der Waals surface area contributed by atoms with Crippen molar-refractivity contribution in [1.82, 2.24) is 19.5 Å². The number of methoxy groups -OCH3 is 1. The molecule has 0 atom stereocenters. The van der Waals surface area contributed by atoms with Gasteiger partial charge < -0.3 is 19.3 Å². The Balaban J connectivity index is 1.53. The van der Waals surface area contributed by atoms with Gasteiger partial charge in [0.25, 0.3) is 0 Å². The number of ether oxygens (including phenoxy) is 2. The lowest BCUT2D eigenvalue weighted by molar-refractivity contribution is -0.132. The highest BCUT2D eigenvalue weighted by Crippen LogP contribution is 2.31. The van der Waals surface area contributed by atoms with Gasteiger partial charge in [-0.1, -0.05) is 13.8 Å². The molecule has 4 heterocycles. The van der Waals surface area contributed by atoms with Crippen molar-refractivity contribution in [2.45, 2.75) is 20.3 Å². The maximum atomic E-state index is 12.3. The molecule has 1 aliphatic rings. The van der Waals surface area contributed by atoms with Gasteiger partial charge in [0.05, 0.1) is 30.1 Å². The van der Waals surface area contributed by atoms with E-state index in [1.807, 2.05) is 29.3 Å². The lowest BCUT2D eigenvalue weighted by Crippen LogP contribution is -2.49. The lowest BCUT2D eigenvalue weighted by atomic mass is 10.1.